The fraction of sp³-hybridized carbons (Fsp3) is 0.417. The third-order valence-electron chi connectivity index (χ3n) is 10.8. The summed E-state index contributed by atoms with van der Waals surface area (Å²) < 4.78 is 2.44. The van der Waals surface area contributed by atoms with Crippen molar-refractivity contribution in [2.75, 3.05) is 0 Å². The van der Waals surface area contributed by atoms with Gasteiger partial charge >= 0.3 is 5.97 Å². The molecule has 55 heavy (non-hydrogen) atoms. The minimum absolute atomic E-state index is 0.233. The Morgan fingerprint density at radius 2 is 1.20 bits per heavy atom. The molecule has 6 rings (SSSR count). The number of benzene rings is 2. The highest BCUT2D eigenvalue weighted by atomic mass is 32.1. The van der Waals surface area contributed by atoms with Gasteiger partial charge in [-0.2, -0.15) is 0 Å². The van der Waals surface area contributed by atoms with Crippen molar-refractivity contribution in [3.8, 4) is 29.9 Å². The molecule has 0 spiro atoms. The van der Waals surface area contributed by atoms with Gasteiger partial charge in [0.25, 0.3) is 5.70 Å². The van der Waals surface area contributed by atoms with Crippen molar-refractivity contribution in [1.29, 1.82) is 0 Å². The van der Waals surface area contributed by atoms with Gasteiger partial charge in [-0.05, 0) is 110 Å². The number of nitrogens with zero attached hydrogens (tertiary/aromatic N) is 2. The molecule has 0 saturated heterocycles. The van der Waals surface area contributed by atoms with E-state index in [2.05, 4.69) is 97.8 Å². The van der Waals surface area contributed by atoms with Crippen LogP contribution in [0.4, 0.5) is 0 Å². The van der Waals surface area contributed by atoms with Crippen molar-refractivity contribution < 1.29 is 9.90 Å². The fourth-order valence-corrected chi connectivity index (χ4v) is 11.7. The van der Waals surface area contributed by atoms with Gasteiger partial charge in [-0.15, -0.1) is 34.0 Å². The molecular formula is C48H56N2O2S3. The van der Waals surface area contributed by atoms with E-state index in [0.29, 0.717) is 0 Å². The summed E-state index contributed by atoms with van der Waals surface area (Å²) in [6.45, 7) is 17.4. The maximum absolute atomic E-state index is 11.8. The summed E-state index contributed by atoms with van der Waals surface area (Å²) in [4.78, 5) is 22.6. The Bertz CT molecular complexity index is 2290. The number of fused-ring (bicyclic) bond motifs is 3. The number of unbranched alkanes of at least 4 members (excludes halogenated alkanes) is 9. The smallest absolute Gasteiger partial charge is 0.333 e. The maximum Gasteiger partial charge on any atom is 0.333 e. The molecule has 0 aliphatic rings. The SMILES string of the molecule is [C-]#[N+]C(=Cc1cc(CCCCCC)c(-c2cc(CCCCCC)c(-c3cc(CCCCCC)c(-c4ccc5c(c4)c4ccccc4n5CC)s3)s2)s1)C(=O)O. The number of aliphatic carboxylic acids is 1. The molecule has 0 amide bonds. The van der Waals surface area contributed by atoms with Crippen molar-refractivity contribution in [2.24, 2.45) is 0 Å². The van der Waals surface area contributed by atoms with Gasteiger partial charge in [0, 0.05) is 57.6 Å². The second-order valence-electron chi connectivity index (χ2n) is 14.8. The molecule has 0 radical (unpaired) electrons. The topological polar surface area (TPSA) is 46.6 Å². The number of thiophene rings is 3. The van der Waals surface area contributed by atoms with Crippen LogP contribution >= 0.6 is 34.0 Å². The minimum Gasteiger partial charge on any atom is -0.486 e. The Morgan fingerprint density at radius 1 is 0.655 bits per heavy atom. The highest BCUT2D eigenvalue weighted by Gasteiger charge is 2.22. The molecule has 6 aromatic rings. The summed E-state index contributed by atoms with van der Waals surface area (Å²) in [5.41, 5.74) is 7.84. The van der Waals surface area contributed by atoms with E-state index in [4.69, 9.17) is 6.57 Å². The highest BCUT2D eigenvalue weighted by Crippen LogP contribution is 2.48. The normalized spacial score (nSPS) is 11.9. The predicted molar refractivity (Wildman–Crippen MR) is 241 cm³/mol. The number of rotatable bonds is 21. The predicted octanol–water partition coefficient (Wildman–Crippen LogP) is 15.7. The minimum atomic E-state index is -1.17. The van der Waals surface area contributed by atoms with Crippen LogP contribution in [0.2, 0.25) is 0 Å². The van der Waals surface area contributed by atoms with Crippen molar-refractivity contribution in [3.63, 3.8) is 0 Å². The summed E-state index contributed by atoms with van der Waals surface area (Å²) >= 11 is 5.52. The van der Waals surface area contributed by atoms with Crippen LogP contribution in [-0.4, -0.2) is 15.6 Å². The van der Waals surface area contributed by atoms with Crippen molar-refractivity contribution in [1.82, 2.24) is 4.57 Å². The van der Waals surface area contributed by atoms with Gasteiger partial charge in [0.1, 0.15) is 0 Å². The summed E-state index contributed by atoms with van der Waals surface area (Å²) in [7, 11) is 0. The van der Waals surface area contributed by atoms with Crippen LogP contribution in [0, 0.1) is 6.57 Å². The molecule has 2 aromatic carbocycles. The van der Waals surface area contributed by atoms with Gasteiger partial charge in [-0.3, -0.25) is 4.79 Å². The van der Waals surface area contributed by atoms with Gasteiger partial charge in [0.05, 0.1) is 6.57 Å². The largest absolute Gasteiger partial charge is 0.486 e. The lowest BCUT2D eigenvalue weighted by Crippen LogP contribution is -1.94. The second-order valence-corrected chi connectivity index (χ2v) is 18.0. The lowest BCUT2D eigenvalue weighted by molar-refractivity contribution is -0.132. The van der Waals surface area contributed by atoms with E-state index in [1.807, 2.05) is 22.7 Å². The first-order valence-electron chi connectivity index (χ1n) is 20.6. The summed E-state index contributed by atoms with van der Waals surface area (Å²) in [6.07, 6.45) is 19.2. The molecule has 4 aromatic heterocycles. The van der Waals surface area contributed by atoms with E-state index in [1.54, 1.807) is 17.4 Å². The van der Waals surface area contributed by atoms with Gasteiger partial charge in [0.2, 0.25) is 0 Å². The molecule has 0 saturated carbocycles. The van der Waals surface area contributed by atoms with Crippen LogP contribution in [0.1, 0.15) is 126 Å². The van der Waals surface area contributed by atoms with Crippen LogP contribution < -0.4 is 0 Å². The van der Waals surface area contributed by atoms with E-state index >= 15 is 0 Å². The van der Waals surface area contributed by atoms with Crippen LogP contribution in [0.3, 0.4) is 0 Å². The van der Waals surface area contributed by atoms with E-state index < -0.39 is 5.97 Å². The average molecular weight is 789 g/mol. The number of carboxylic acids is 1. The molecular weight excluding hydrogens is 733 g/mol. The first-order chi connectivity index (χ1) is 26.9. The maximum atomic E-state index is 11.8. The third-order valence-corrected chi connectivity index (χ3v) is 14.7. The quantitative estimate of drug-likeness (QED) is 0.0448. The molecule has 4 nitrogen and oxygen atoms in total. The van der Waals surface area contributed by atoms with Gasteiger partial charge < -0.3 is 9.67 Å². The Hall–Kier alpha value is -3.96. The number of aryl methyl sites for hydroxylation is 4. The third kappa shape index (κ3) is 9.54. The first kappa shape index (κ1) is 40.7. The average Bonchev–Trinajstić information content (AvgIpc) is 3.98. The summed E-state index contributed by atoms with van der Waals surface area (Å²) in [5, 5.41) is 12.3. The van der Waals surface area contributed by atoms with E-state index in [0.717, 1.165) is 37.1 Å². The van der Waals surface area contributed by atoms with Crippen LogP contribution in [0.25, 0.3) is 62.7 Å². The van der Waals surface area contributed by atoms with E-state index in [1.165, 1.54) is 139 Å². The molecule has 0 unspecified atom stereocenters. The van der Waals surface area contributed by atoms with Crippen LogP contribution in [0.5, 0.6) is 0 Å². The van der Waals surface area contributed by atoms with Crippen LogP contribution in [-0.2, 0) is 30.6 Å². The molecule has 7 heteroatoms. The van der Waals surface area contributed by atoms with E-state index in [-0.39, 0.29) is 5.70 Å². The zero-order valence-electron chi connectivity index (χ0n) is 33.1. The number of carbonyl (C=O) groups is 1. The Morgan fingerprint density at radius 3 is 1.78 bits per heavy atom. The number of hydrogen-bond donors (Lipinski definition) is 1. The number of carboxylic acid groups (broad SMARTS) is 1. The Labute approximate surface area is 340 Å². The van der Waals surface area contributed by atoms with Crippen molar-refractivity contribution >= 4 is 67.9 Å². The highest BCUT2D eigenvalue weighted by molar-refractivity contribution is 7.27. The molecule has 0 bridgehead atoms. The molecule has 0 aliphatic carbocycles. The monoisotopic (exact) mass is 788 g/mol. The summed E-state index contributed by atoms with van der Waals surface area (Å²) in [5.74, 6) is -1.17. The number of aromatic nitrogens is 1. The van der Waals surface area contributed by atoms with Gasteiger partial charge in [0.15, 0.2) is 0 Å². The molecule has 0 atom stereocenters. The lowest BCUT2D eigenvalue weighted by Gasteiger charge is -2.06. The Balaban J connectivity index is 1.46. The lowest BCUT2D eigenvalue weighted by atomic mass is 10.0. The number of hydrogen-bond acceptors (Lipinski definition) is 4. The Kier molecular flexibility index (Phi) is 14.6. The standard InChI is InChI=1S/C48H56N2O2S3/c1-6-10-13-16-21-33-28-37(32-40(49-5)48(51)52)53-46(33)43-31-35(23-18-15-12-8-3)47(55-43)44-30-34(22-17-14-11-7-2)45(54-44)36-26-27-42-39(29-36)38-24-19-20-25-41(38)50(42)9-4/h19-20,24-32H,6-18,21-23H2,1-4H3,(H,51,52). The van der Waals surface area contributed by atoms with Gasteiger partial charge in [-0.25, -0.2) is 4.85 Å². The molecule has 1 N–H and O–H groups in total. The molecule has 4 heterocycles. The zero-order valence-corrected chi connectivity index (χ0v) is 35.6. The molecule has 0 aliphatic heterocycles. The van der Waals surface area contributed by atoms with Crippen molar-refractivity contribution in [3.05, 3.63) is 99.3 Å². The zero-order chi connectivity index (χ0) is 38.7. The molecule has 288 valence electrons. The first-order valence-corrected chi connectivity index (χ1v) is 23.1. The second kappa shape index (κ2) is 19.8. The summed E-state index contributed by atoms with van der Waals surface area (Å²) in [6, 6.07) is 23.1. The molecule has 0 fully saturated rings. The van der Waals surface area contributed by atoms with E-state index in [9.17, 15) is 9.90 Å². The van der Waals surface area contributed by atoms with Crippen molar-refractivity contribution in [2.45, 2.75) is 131 Å². The number of para-hydroxylation sites is 1. The fourth-order valence-electron chi connectivity index (χ4n) is 7.86. The van der Waals surface area contributed by atoms with Crippen LogP contribution in [0.15, 0.2) is 66.4 Å². The van der Waals surface area contributed by atoms with Gasteiger partial charge in [-0.1, -0.05) is 103 Å².